The predicted molar refractivity (Wildman–Crippen MR) is 97.9 cm³/mol. The van der Waals surface area contributed by atoms with E-state index in [1.807, 2.05) is 12.1 Å². The minimum absolute atomic E-state index is 0.199. The predicted octanol–water partition coefficient (Wildman–Crippen LogP) is 4.47. The van der Waals surface area contributed by atoms with E-state index < -0.39 is 0 Å². The second kappa shape index (κ2) is 6.52. The lowest BCUT2D eigenvalue weighted by molar-refractivity contribution is -0.663. The molecule has 0 saturated carbocycles. The van der Waals surface area contributed by atoms with Gasteiger partial charge in [0.1, 0.15) is 18.9 Å². The van der Waals surface area contributed by atoms with E-state index >= 15 is 0 Å². The van der Waals surface area contributed by atoms with E-state index in [1.165, 1.54) is 34.3 Å². The number of benzene rings is 3. The Labute approximate surface area is 146 Å². The van der Waals surface area contributed by atoms with Gasteiger partial charge in [-0.15, -0.1) is 0 Å². The van der Waals surface area contributed by atoms with Crippen LogP contribution in [0.1, 0.15) is 16.7 Å². The molecule has 0 aliphatic rings. The van der Waals surface area contributed by atoms with Gasteiger partial charge in [-0.1, -0.05) is 54.1 Å². The first-order chi connectivity index (χ1) is 12.2. The summed E-state index contributed by atoms with van der Waals surface area (Å²) >= 11 is 0. The average Bonchev–Trinajstić information content (AvgIpc) is 2.97. The summed E-state index contributed by atoms with van der Waals surface area (Å²) in [7, 11) is 0. The number of aryl methyl sites for hydroxylation is 1. The number of nitrogens with zero attached hydrogens (tertiary/aromatic N) is 2. The molecule has 0 radical (unpaired) electrons. The smallest absolute Gasteiger partial charge is 0.226 e. The van der Waals surface area contributed by atoms with Gasteiger partial charge in [-0.2, -0.15) is 0 Å². The Bertz CT molecular complexity index is 917. The van der Waals surface area contributed by atoms with Crippen molar-refractivity contribution in [3.05, 3.63) is 102 Å². The molecule has 124 valence electrons. The summed E-state index contributed by atoms with van der Waals surface area (Å²) in [5.74, 6) is -0.199. The third-order valence-electron chi connectivity index (χ3n) is 4.52. The minimum Gasteiger partial charge on any atom is -0.226 e. The third kappa shape index (κ3) is 3.31. The van der Waals surface area contributed by atoms with E-state index in [9.17, 15) is 4.39 Å². The largest absolute Gasteiger partial charge is 0.245 e. The molecule has 0 aliphatic carbocycles. The van der Waals surface area contributed by atoms with Crippen molar-refractivity contribution in [3.63, 3.8) is 0 Å². The quantitative estimate of drug-likeness (QED) is 0.488. The fraction of sp³-hybridized carbons (Fsp3) is 0.136. The zero-order valence-electron chi connectivity index (χ0n) is 14.2. The Hall–Kier alpha value is -2.94. The number of para-hydroxylation sites is 2. The molecule has 25 heavy (non-hydrogen) atoms. The summed E-state index contributed by atoms with van der Waals surface area (Å²) in [6, 6.07) is 23.8. The second-order valence-corrected chi connectivity index (χ2v) is 6.47. The Morgan fingerprint density at radius 1 is 0.840 bits per heavy atom. The highest BCUT2D eigenvalue weighted by Crippen LogP contribution is 2.14. The normalized spacial score (nSPS) is 11.1. The van der Waals surface area contributed by atoms with E-state index in [4.69, 9.17) is 0 Å². The number of hydrogen-bond acceptors (Lipinski definition) is 0. The first-order valence-electron chi connectivity index (χ1n) is 8.46. The van der Waals surface area contributed by atoms with Crippen molar-refractivity contribution < 1.29 is 8.96 Å². The first-order valence-corrected chi connectivity index (χ1v) is 8.46. The van der Waals surface area contributed by atoms with Gasteiger partial charge < -0.3 is 0 Å². The highest BCUT2D eigenvalue weighted by Gasteiger charge is 2.15. The van der Waals surface area contributed by atoms with E-state index in [0.717, 1.165) is 18.7 Å². The maximum absolute atomic E-state index is 13.1. The van der Waals surface area contributed by atoms with Crippen LogP contribution in [0.25, 0.3) is 11.0 Å². The number of fused-ring (bicyclic) bond motifs is 1. The zero-order valence-corrected chi connectivity index (χ0v) is 14.2. The monoisotopic (exact) mass is 331 g/mol. The van der Waals surface area contributed by atoms with Gasteiger partial charge in [0.2, 0.25) is 6.33 Å². The Morgan fingerprint density at radius 2 is 1.52 bits per heavy atom. The molecule has 0 atom stereocenters. The third-order valence-corrected chi connectivity index (χ3v) is 4.52. The van der Waals surface area contributed by atoms with Crippen LogP contribution in [0.4, 0.5) is 4.39 Å². The highest BCUT2D eigenvalue weighted by molar-refractivity contribution is 5.71. The van der Waals surface area contributed by atoms with Gasteiger partial charge in [0.15, 0.2) is 11.0 Å². The Kier molecular flexibility index (Phi) is 4.06. The lowest BCUT2D eigenvalue weighted by atomic mass is 10.1. The zero-order chi connectivity index (χ0) is 17.2. The Morgan fingerprint density at radius 3 is 2.28 bits per heavy atom. The SMILES string of the molecule is Cc1ccc(Cn2c[n+](Cc3ccc(F)cc3)c3ccccc32)cc1. The first kappa shape index (κ1) is 15.6. The van der Waals surface area contributed by atoms with Gasteiger partial charge in [-0.05, 0) is 42.3 Å². The van der Waals surface area contributed by atoms with Gasteiger partial charge in [-0.3, -0.25) is 0 Å². The molecule has 4 aromatic rings. The van der Waals surface area contributed by atoms with Crippen LogP contribution in [-0.4, -0.2) is 4.57 Å². The van der Waals surface area contributed by atoms with E-state index in [0.29, 0.717) is 0 Å². The van der Waals surface area contributed by atoms with Crippen molar-refractivity contribution in [3.8, 4) is 0 Å². The Balaban J connectivity index is 1.70. The van der Waals surface area contributed by atoms with Gasteiger partial charge >= 0.3 is 0 Å². The number of imidazole rings is 1. The molecule has 3 heteroatoms. The maximum Gasteiger partial charge on any atom is 0.245 e. The molecule has 0 bridgehead atoms. The van der Waals surface area contributed by atoms with Crippen molar-refractivity contribution in [2.45, 2.75) is 20.0 Å². The fourth-order valence-electron chi connectivity index (χ4n) is 3.17. The molecule has 0 unspecified atom stereocenters. The summed E-state index contributed by atoms with van der Waals surface area (Å²) in [6.07, 6.45) is 2.15. The van der Waals surface area contributed by atoms with Gasteiger partial charge in [-0.25, -0.2) is 13.5 Å². The van der Waals surface area contributed by atoms with Crippen molar-refractivity contribution in [2.24, 2.45) is 0 Å². The van der Waals surface area contributed by atoms with Crippen LogP contribution < -0.4 is 4.57 Å². The number of halogens is 1. The van der Waals surface area contributed by atoms with Crippen LogP contribution in [0.5, 0.6) is 0 Å². The molecule has 2 nitrogen and oxygen atoms in total. The number of rotatable bonds is 4. The fourth-order valence-corrected chi connectivity index (χ4v) is 3.17. The number of aromatic nitrogens is 2. The standard InChI is InChI=1S/C22H20FN2/c1-17-6-8-18(9-7-17)14-24-16-25(22-5-3-2-4-21(22)24)15-19-10-12-20(23)13-11-19/h2-13,16H,14-15H2,1H3/q+1. The summed E-state index contributed by atoms with van der Waals surface area (Å²) in [5.41, 5.74) is 6.02. The maximum atomic E-state index is 13.1. The summed E-state index contributed by atoms with van der Waals surface area (Å²) in [5, 5.41) is 0. The molecule has 4 rings (SSSR count). The second-order valence-electron chi connectivity index (χ2n) is 6.47. The van der Waals surface area contributed by atoms with Crippen molar-refractivity contribution in [2.75, 3.05) is 0 Å². The lowest BCUT2D eigenvalue weighted by Gasteiger charge is -2.00. The molecule has 0 saturated heterocycles. The van der Waals surface area contributed by atoms with Crippen molar-refractivity contribution in [1.82, 2.24) is 4.57 Å². The molecule has 3 aromatic carbocycles. The molecular weight excluding hydrogens is 311 g/mol. The van der Waals surface area contributed by atoms with Gasteiger partial charge in [0.25, 0.3) is 0 Å². The number of hydrogen-bond donors (Lipinski definition) is 0. The van der Waals surface area contributed by atoms with E-state index in [1.54, 1.807) is 0 Å². The molecule has 0 N–H and O–H groups in total. The molecule has 1 aromatic heterocycles. The highest BCUT2D eigenvalue weighted by atomic mass is 19.1. The topological polar surface area (TPSA) is 8.81 Å². The van der Waals surface area contributed by atoms with Gasteiger partial charge in [0.05, 0.1) is 0 Å². The van der Waals surface area contributed by atoms with E-state index in [-0.39, 0.29) is 5.82 Å². The van der Waals surface area contributed by atoms with Crippen LogP contribution in [0.3, 0.4) is 0 Å². The van der Waals surface area contributed by atoms with Crippen molar-refractivity contribution >= 4 is 11.0 Å². The molecule has 0 fully saturated rings. The molecule has 0 aliphatic heterocycles. The van der Waals surface area contributed by atoms with Crippen LogP contribution in [0.2, 0.25) is 0 Å². The molecular formula is C22H20FN2+. The minimum atomic E-state index is -0.199. The molecule has 1 heterocycles. The average molecular weight is 331 g/mol. The van der Waals surface area contributed by atoms with Crippen LogP contribution >= 0.6 is 0 Å². The van der Waals surface area contributed by atoms with Gasteiger partial charge in [0, 0.05) is 0 Å². The van der Waals surface area contributed by atoms with Crippen LogP contribution in [0, 0.1) is 12.7 Å². The lowest BCUT2D eigenvalue weighted by Crippen LogP contribution is -2.32. The summed E-state index contributed by atoms with van der Waals surface area (Å²) in [4.78, 5) is 0. The van der Waals surface area contributed by atoms with Crippen LogP contribution in [-0.2, 0) is 13.1 Å². The van der Waals surface area contributed by atoms with E-state index in [2.05, 4.69) is 70.9 Å². The molecule has 0 amide bonds. The van der Waals surface area contributed by atoms with Crippen molar-refractivity contribution in [1.29, 1.82) is 0 Å². The summed E-state index contributed by atoms with van der Waals surface area (Å²) in [6.45, 7) is 3.66. The van der Waals surface area contributed by atoms with Crippen LogP contribution in [0.15, 0.2) is 79.1 Å². The summed E-state index contributed by atoms with van der Waals surface area (Å²) < 4.78 is 17.6. The molecule has 0 spiro atoms.